The highest BCUT2D eigenvalue weighted by atomic mass is 35.5. The van der Waals surface area contributed by atoms with E-state index in [0.29, 0.717) is 0 Å². The molecule has 2 aromatic heterocycles. The highest BCUT2D eigenvalue weighted by Crippen LogP contribution is 2.45. The predicted octanol–water partition coefficient (Wildman–Crippen LogP) is 5.84. The summed E-state index contributed by atoms with van der Waals surface area (Å²) < 4.78 is 120. The quantitative estimate of drug-likeness (QED) is 0.161. The summed E-state index contributed by atoms with van der Waals surface area (Å²) in [7, 11) is 1.42. The number of aryl methyl sites for hydroxylation is 1. The van der Waals surface area contributed by atoms with Crippen molar-refractivity contribution in [3.63, 3.8) is 0 Å². The Hall–Kier alpha value is -4.93. The van der Waals surface area contributed by atoms with Crippen molar-refractivity contribution in [2.45, 2.75) is 18.4 Å². The lowest BCUT2D eigenvalue weighted by Crippen LogP contribution is -2.58. The molecule has 9 nitrogen and oxygen atoms in total. The third-order valence-corrected chi connectivity index (χ3v) is 8.22. The van der Waals surface area contributed by atoms with Gasteiger partial charge in [0.1, 0.15) is 5.82 Å². The van der Waals surface area contributed by atoms with E-state index in [1.54, 1.807) is 0 Å². The van der Waals surface area contributed by atoms with E-state index in [2.05, 4.69) is 20.1 Å². The summed E-state index contributed by atoms with van der Waals surface area (Å²) in [6.07, 6.45) is 0.564. The van der Waals surface area contributed by atoms with Crippen molar-refractivity contribution in [3.05, 3.63) is 98.8 Å². The van der Waals surface area contributed by atoms with E-state index in [1.807, 2.05) is 0 Å². The fourth-order valence-electron chi connectivity index (χ4n) is 5.59. The van der Waals surface area contributed by atoms with Crippen LogP contribution in [0, 0.1) is 46.5 Å². The zero-order valence-electron chi connectivity index (χ0n) is 23.9. The van der Waals surface area contributed by atoms with E-state index in [9.17, 15) is 35.9 Å². The minimum atomic E-state index is -2.43. The molecule has 1 saturated heterocycles. The summed E-state index contributed by atoms with van der Waals surface area (Å²) >= 11 is 6.04. The molecule has 1 N–H and O–H groups in total. The van der Waals surface area contributed by atoms with Gasteiger partial charge in [0, 0.05) is 49.4 Å². The number of hydrogen-bond donors (Lipinski definition) is 1. The molecule has 0 bridgehead atoms. The lowest BCUT2D eigenvalue weighted by molar-refractivity contribution is 0.0966. The second kappa shape index (κ2) is 11.4. The lowest BCUT2D eigenvalue weighted by Gasteiger charge is -2.42. The van der Waals surface area contributed by atoms with Gasteiger partial charge in [-0.3, -0.25) is 14.4 Å². The van der Waals surface area contributed by atoms with Crippen LogP contribution in [-0.2, 0) is 12.5 Å². The predicted molar refractivity (Wildman–Crippen MR) is 148 cm³/mol. The van der Waals surface area contributed by atoms with Gasteiger partial charge in [0.2, 0.25) is 34.8 Å². The maximum absolute atomic E-state index is 16.4. The maximum atomic E-state index is 16.4. The number of pyridine rings is 1. The van der Waals surface area contributed by atoms with E-state index in [4.69, 9.17) is 11.6 Å². The first-order chi connectivity index (χ1) is 22.1. The fraction of sp³-hybridized carbons (Fsp3) is 0.241. The molecule has 4 heterocycles. The normalized spacial score (nSPS) is 17.9. The highest BCUT2D eigenvalue weighted by Gasteiger charge is 2.48. The number of carbonyl (C=O) groups excluding carboxylic acids is 2. The Balaban J connectivity index is 1.29. The third kappa shape index (κ3) is 5.08. The van der Waals surface area contributed by atoms with Gasteiger partial charge in [0.25, 0.3) is 5.91 Å². The molecule has 4 aromatic rings. The molecule has 18 heteroatoms. The van der Waals surface area contributed by atoms with Crippen LogP contribution >= 0.6 is 11.6 Å². The number of fused-ring (bicyclic) bond motifs is 1. The number of benzene rings is 2. The summed E-state index contributed by atoms with van der Waals surface area (Å²) in [6.45, 7) is 0.371. The molecule has 2 aliphatic rings. The molecule has 0 radical (unpaired) electrons. The van der Waals surface area contributed by atoms with Crippen molar-refractivity contribution in [1.82, 2.24) is 19.7 Å². The third-order valence-electron chi connectivity index (χ3n) is 7.93. The number of amides is 2. The van der Waals surface area contributed by atoms with E-state index in [1.165, 1.54) is 32.2 Å². The topological polar surface area (TPSA) is 92.6 Å². The number of carbonyl (C=O) groups is 2. The number of aromatic nitrogens is 3. The van der Waals surface area contributed by atoms with Crippen molar-refractivity contribution in [2.75, 3.05) is 29.9 Å². The van der Waals surface area contributed by atoms with Crippen LogP contribution in [0.2, 0.25) is 5.02 Å². The van der Waals surface area contributed by atoms with Gasteiger partial charge in [0.15, 0.2) is 23.3 Å². The van der Waals surface area contributed by atoms with Gasteiger partial charge in [-0.25, -0.2) is 36.1 Å². The first-order valence-electron chi connectivity index (χ1n) is 13.5. The molecule has 1 fully saturated rings. The highest BCUT2D eigenvalue weighted by molar-refractivity contribution is 6.30. The maximum Gasteiger partial charge on any atom is 0.415 e. The molecule has 6 rings (SSSR count). The first kappa shape index (κ1) is 32.0. The monoisotopic (exact) mass is 686 g/mol. The minimum Gasteiger partial charge on any atom is -0.404 e. The molecule has 0 aliphatic carbocycles. The van der Waals surface area contributed by atoms with Crippen LogP contribution in [0.3, 0.4) is 0 Å². The Bertz CT molecular complexity index is 1960. The summed E-state index contributed by atoms with van der Waals surface area (Å²) in [5.41, 5.74) is -2.43. The average molecular weight is 687 g/mol. The summed E-state index contributed by atoms with van der Waals surface area (Å²) in [6, 6.07) is 3.25. The van der Waals surface area contributed by atoms with Crippen molar-refractivity contribution >= 4 is 35.2 Å². The van der Waals surface area contributed by atoms with Crippen molar-refractivity contribution in [3.8, 4) is 5.75 Å². The smallest absolute Gasteiger partial charge is 0.404 e. The average Bonchev–Trinajstić information content (AvgIpc) is 3.35. The minimum absolute atomic E-state index is 0.123. The second-order valence-corrected chi connectivity index (χ2v) is 11.4. The number of likely N-dealkylation sites (tertiary alicyclic amines) is 1. The zero-order chi connectivity index (χ0) is 34.1. The van der Waals surface area contributed by atoms with E-state index in [0.717, 1.165) is 26.9 Å². The van der Waals surface area contributed by atoms with Crippen LogP contribution in [0.15, 0.2) is 30.6 Å². The molecule has 246 valence electrons. The van der Waals surface area contributed by atoms with Gasteiger partial charge < -0.3 is 15.0 Å². The van der Waals surface area contributed by atoms with Crippen LogP contribution in [0.5, 0.6) is 5.75 Å². The molecule has 2 aliphatic heterocycles. The Morgan fingerprint density at radius 1 is 0.979 bits per heavy atom. The Morgan fingerprint density at radius 2 is 1.62 bits per heavy atom. The summed E-state index contributed by atoms with van der Waals surface area (Å²) in [4.78, 5) is 31.7. The first-order valence-corrected chi connectivity index (χ1v) is 13.9. The van der Waals surface area contributed by atoms with E-state index < -0.39 is 88.1 Å². The standard InChI is InChI=1S/C29H19ClF8N6O3/c1-29(13-4-3-5-14(30)17(13)32)10-44(26-15(31)9-42(2)41-26)27(45)12-6-39-25(18(33)16(12)29)40-11-7-43(8-11)28(46)47-24-22(37)20(35)19(34)21(36)23(24)38/h3-6,9,11H,7-8,10H2,1-2H3,(H,39,40)/t29-/m1/s1. The Kier molecular flexibility index (Phi) is 7.77. The summed E-state index contributed by atoms with van der Waals surface area (Å²) in [5.74, 6) is -18.1. The molecular weight excluding hydrogens is 668 g/mol. The molecule has 0 spiro atoms. The Morgan fingerprint density at radius 3 is 2.23 bits per heavy atom. The molecular formula is C29H19ClF8N6O3. The number of halogens is 9. The van der Waals surface area contributed by atoms with Crippen LogP contribution in [0.1, 0.15) is 28.4 Å². The fourth-order valence-corrected chi connectivity index (χ4v) is 5.77. The molecule has 2 amide bonds. The van der Waals surface area contributed by atoms with Crippen LogP contribution < -0.4 is 15.0 Å². The lowest BCUT2D eigenvalue weighted by atomic mass is 9.71. The van der Waals surface area contributed by atoms with E-state index >= 15 is 8.78 Å². The van der Waals surface area contributed by atoms with E-state index in [-0.39, 0.29) is 40.6 Å². The molecule has 1 atom stereocenters. The van der Waals surface area contributed by atoms with Gasteiger partial charge in [-0.1, -0.05) is 23.7 Å². The van der Waals surface area contributed by atoms with Gasteiger partial charge in [0.05, 0.1) is 22.8 Å². The molecule has 0 saturated carbocycles. The van der Waals surface area contributed by atoms with Crippen LogP contribution in [-0.4, -0.2) is 57.3 Å². The number of hydrogen-bond acceptors (Lipinski definition) is 6. The number of rotatable bonds is 5. The van der Waals surface area contributed by atoms with Crippen molar-refractivity contribution in [2.24, 2.45) is 7.05 Å². The molecule has 47 heavy (non-hydrogen) atoms. The largest absolute Gasteiger partial charge is 0.415 e. The van der Waals surface area contributed by atoms with Gasteiger partial charge in [-0.2, -0.15) is 13.9 Å². The summed E-state index contributed by atoms with van der Waals surface area (Å²) in [5, 5.41) is 6.40. The number of nitrogens with zero attached hydrogens (tertiary/aromatic N) is 5. The number of anilines is 2. The van der Waals surface area contributed by atoms with Crippen molar-refractivity contribution < 1.29 is 49.4 Å². The molecule has 2 aromatic carbocycles. The van der Waals surface area contributed by atoms with Crippen molar-refractivity contribution in [1.29, 1.82) is 0 Å². The van der Waals surface area contributed by atoms with Gasteiger partial charge in [-0.05, 0) is 13.0 Å². The van der Waals surface area contributed by atoms with Gasteiger partial charge >= 0.3 is 6.09 Å². The van der Waals surface area contributed by atoms with Crippen LogP contribution in [0.25, 0.3) is 0 Å². The SMILES string of the molecule is Cn1cc(F)c(N2C[C@](C)(c3cccc(Cl)c3F)c3c(cnc(NC4CN(C(=O)Oc5c(F)c(F)c(F)c(F)c5F)C4)c3F)C2=O)n1. The zero-order valence-corrected chi connectivity index (χ0v) is 24.7. The Labute approximate surface area is 264 Å². The number of ether oxygens (including phenoxy) is 1. The molecule has 0 unspecified atom stereocenters. The number of nitrogens with one attached hydrogen (secondary N) is 1. The second-order valence-electron chi connectivity index (χ2n) is 11.0. The van der Waals surface area contributed by atoms with Crippen LogP contribution in [0.4, 0.5) is 51.6 Å². The van der Waals surface area contributed by atoms with Gasteiger partial charge in [-0.15, -0.1) is 0 Å².